The molecule has 0 radical (unpaired) electrons. The number of hydrogen-bond donors (Lipinski definition) is 0. The zero-order valence-electron chi connectivity index (χ0n) is 13.0. The first kappa shape index (κ1) is 15.6. The number of thiazole rings is 1. The van der Waals surface area contributed by atoms with Gasteiger partial charge < -0.3 is 9.80 Å². The molecule has 1 aliphatic rings. The van der Waals surface area contributed by atoms with Crippen molar-refractivity contribution in [1.82, 2.24) is 14.8 Å². The van der Waals surface area contributed by atoms with E-state index in [1.807, 2.05) is 28.8 Å². The number of nitrogens with zero attached hydrogens (tertiary/aromatic N) is 3. The number of hydrogen-bond acceptors (Lipinski definition) is 5. The Labute approximate surface area is 139 Å². The highest BCUT2D eigenvalue weighted by Crippen LogP contribution is 2.26. The standard InChI is InChI=1S/C16H21N3OS2/c1-3-19-7-4-13(5-8-19)18(2)16(20)14-11-22-15(17-14)12-6-9-21-10-12/h6,9-11,13H,3-5,7-8H2,1-2H3. The third kappa shape index (κ3) is 3.24. The minimum atomic E-state index is 0.0488. The molecule has 1 amide bonds. The third-order valence-electron chi connectivity index (χ3n) is 4.36. The molecule has 2 aromatic rings. The Morgan fingerprint density at radius 3 is 2.82 bits per heavy atom. The molecule has 4 nitrogen and oxygen atoms in total. The van der Waals surface area contributed by atoms with Gasteiger partial charge in [-0.1, -0.05) is 6.92 Å². The number of likely N-dealkylation sites (tertiary alicyclic amines) is 1. The molecule has 0 N–H and O–H groups in total. The van der Waals surface area contributed by atoms with Gasteiger partial charge in [-0.05, 0) is 30.8 Å². The average Bonchev–Trinajstić information content (AvgIpc) is 3.24. The van der Waals surface area contributed by atoms with Crippen molar-refractivity contribution in [2.75, 3.05) is 26.7 Å². The Balaban J connectivity index is 1.66. The van der Waals surface area contributed by atoms with Gasteiger partial charge in [-0.3, -0.25) is 4.79 Å². The first-order valence-electron chi connectivity index (χ1n) is 7.66. The van der Waals surface area contributed by atoms with Crippen molar-refractivity contribution in [3.8, 4) is 10.6 Å². The summed E-state index contributed by atoms with van der Waals surface area (Å²) in [6, 6.07) is 2.38. The van der Waals surface area contributed by atoms with E-state index in [0.717, 1.165) is 43.0 Å². The summed E-state index contributed by atoms with van der Waals surface area (Å²) in [5, 5.41) is 6.91. The number of piperidine rings is 1. The quantitative estimate of drug-likeness (QED) is 0.859. The fraction of sp³-hybridized carbons (Fsp3) is 0.500. The Morgan fingerprint density at radius 2 is 2.18 bits per heavy atom. The summed E-state index contributed by atoms with van der Waals surface area (Å²) >= 11 is 3.19. The van der Waals surface area contributed by atoms with Crippen molar-refractivity contribution < 1.29 is 4.79 Å². The maximum atomic E-state index is 12.6. The first-order chi connectivity index (χ1) is 10.7. The van der Waals surface area contributed by atoms with Gasteiger partial charge in [0.1, 0.15) is 10.7 Å². The highest BCUT2D eigenvalue weighted by atomic mass is 32.1. The van der Waals surface area contributed by atoms with E-state index in [-0.39, 0.29) is 5.91 Å². The zero-order valence-corrected chi connectivity index (χ0v) is 14.6. The van der Waals surface area contributed by atoms with Crippen LogP contribution in [0.15, 0.2) is 22.2 Å². The number of rotatable bonds is 4. The van der Waals surface area contributed by atoms with Crippen LogP contribution in [0.1, 0.15) is 30.3 Å². The molecule has 3 rings (SSSR count). The molecular formula is C16H21N3OS2. The summed E-state index contributed by atoms with van der Waals surface area (Å²) in [5.41, 5.74) is 1.68. The van der Waals surface area contributed by atoms with Crippen molar-refractivity contribution in [2.45, 2.75) is 25.8 Å². The summed E-state index contributed by atoms with van der Waals surface area (Å²) in [6.45, 7) is 5.45. The smallest absolute Gasteiger partial charge is 0.273 e. The molecule has 118 valence electrons. The second kappa shape index (κ2) is 6.89. The molecule has 0 saturated carbocycles. The van der Waals surface area contributed by atoms with Gasteiger partial charge in [-0.2, -0.15) is 11.3 Å². The van der Waals surface area contributed by atoms with Crippen LogP contribution >= 0.6 is 22.7 Å². The van der Waals surface area contributed by atoms with Gasteiger partial charge in [-0.15, -0.1) is 11.3 Å². The molecule has 0 aliphatic carbocycles. The second-order valence-electron chi connectivity index (χ2n) is 5.63. The monoisotopic (exact) mass is 335 g/mol. The van der Waals surface area contributed by atoms with Crippen molar-refractivity contribution in [3.05, 3.63) is 27.9 Å². The highest BCUT2D eigenvalue weighted by Gasteiger charge is 2.26. The predicted molar refractivity (Wildman–Crippen MR) is 92.7 cm³/mol. The molecule has 6 heteroatoms. The summed E-state index contributed by atoms with van der Waals surface area (Å²) in [7, 11) is 1.91. The Kier molecular flexibility index (Phi) is 4.90. The molecule has 22 heavy (non-hydrogen) atoms. The first-order valence-corrected chi connectivity index (χ1v) is 9.49. The van der Waals surface area contributed by atoms with Crippen LogP contribution in [-0.4, -0.2) is 53.4 Å². The number of aromatic nitrogens is 1. The lowest BCUT2D eigenvalue weighted by Crippen LogP contribution is -2.45. The third-order valence-corrected chi connectivity index (χ3v) is 5.94. The maximum absolute atomic E-state index is 12.6. The van der Waals surface area contributed by atoms with Crippen LogP contribution in [0.2, 0.25) is 0 Å². The molecule has 1 aliphatic heterocycles. The van der Waals surface area contributed by atoms with E-state index < -0.39 is 0 Å². The van der Waals surface area contributed by atoms with Crippen LogP contribution in [-0.2, 0) is 0 Å². The van der Waals surface area contributed by atoms with Gasteiger partial charge in [0.2, 0.25) is 0 Å². The number of amides is 1. The summed E-state index contributed by atoms with van der Waals surface area (Å²) in [5.74, 6) is 0.0488. The maximum Gasteiger partial charge on any atom is 0.273 e. The highest BCUT2D eigenvalue weighted by molar-refractivity contribution is 7.14. The molecular weight excluding hydrogens is 314 g/mol. The van der Waals surface area contributed by atoms with E-state index in [4.69, 9.17) is 0 Å². The summed E-state index contributed by atoms with van der Waals surface area (Å²) in [4.78, 5) is 21.5. The largest absolute Gasteiger partial charge is 0.337 e. The van der Waals surface area contributed by atoms with Crippen LogP contribution in [0.25, 0.3) is 10.6 Å². The Hall–Kier alpha value is -1.24. The summed E-state index contributed by atoms with van der Waals surface area (Å²) in [6.07, 6.45) is 2.11. The predicted octanol–water partition coefficient (Wildman–Crippen LogP) is 3.43. The van der Waals surface area contributed by atoms with E-state index in [1.54, 1.807) is 22.7 Å². The molecule has 0 atom stereocenters. The minimum Gasteiger partial charge on any atom is -0.337 e. The lowest BCUT2D eigenvalue weighted by Gasteiger charge is -2.36. The van der Waals surface area contributed by atoms with Gasteiger partial charge in [-0.25, -0.2) is 4.98 Å². The van der Waals surface area contributed by atoms with E-state index in [1.165, 1.54) is 0 Å². The minimum absolute atomic E-state index is 0.0488. The van der Waals surface area contributed by atoms with E-state index in [2.05, 4.69) is 22.2 Å². The van der Waals surface area contributed by atoms with Gasteiger partial charge in [0.15, 0.2) is 0 Å². The van der Waals surface area contributed by atoms with Gasteiger partial charge in [0.25, 0.3) is 5.91 Å². The van der Waals surface area contributed by atoms with Gasteiger partial charge >= 0.3 is 0 Å². The fourth-order valence-electron chi connectivity index (χ4n) is 2.86. The van der Waals surface area contributed by atoms with E-state index in [0.29, 0.717) is 11.7 Å². The van der Waals surface area contributed by atoms with Crippen molar-refractivity contribution in [3.63, 3.8) is 0 Å². The lowest BCUT2D eigenvalue weighted by atomic mass is 10.0. The topological polar surface area (TPSA) is 36.4 Å². The molecule has 3 heterocycles. The molecule has 0 bridgehead atoms. The molecule has 0 aromatic carbocycles. The second-order valence-corrected chi connectivity index (χ2v) is 7.27. The van der Waals surface area contributed by atoms with Gasteiger partial charge in [0, 0.05) is 42.5 Å². The Bertz CT molecular complexity index is 615. The molecule has 2 aromatic heterocycles. The van der Waals surface area contributed by atoms with Crippen molar-refractivity contribution in [2.24, 2.45) is 0 Å². The zero-order chi connectivity index (χ0) is 15.5. The van der Waals surface area contributed by atoms with E-state index in [9.17, 15) is 4.79 Å². The average molecular weight is 335 g/mol. The lowest BCUT2D eigenvalue weighted by molar-refractivity contribution is 0.0642. The number of carbonyl (C=O) groups is 1. The molecule has 1 fully saturated rings. The van der Waals surface area contributed by atoms with Crippen molar-refractivity contribution >= 4 is 28.6 Å². The van der Waals surface area contributed by atoms with Gasteiger partial charge in [0.05, 0.1) is 0 Å². The van der Waals surface area contributed by atoms with Crippen LogP contribution in [0, 0.1) is 0 Å². The summed E-state index contributed by atoms with van der Waals surface area (Å²) < 4.78 is 0. The molecule has 0 spiro atoms. The van der Waals surface area contributed by atoms with E-state index >= 15 is 0 Å². The van der Waals surface area contributed by atoms with Crippen molar-refractivity contribution in [1.29, 1.82) is 0 Å². The SMILES string of the molecule is CCN1CCC(N(C)C(=O)c2csc(-c3ccsc3)n2)CC1. The molecule has 0 unspecified atom stereocenters. The molecule has 1 saturated heterocycles. The number of thiophene rings is 1. The number of carbonyl (C=O) groups excluding carboxylic acids is 1. The van der Waals surface area contributed by atoms with Crippen LogP contribution < -0.4 is 0 Å². The van der Waals surface area contributed by atoms with Crippen LogP contribution in [0.5, 0.6) is 0 Å². The fourth-order valence-corrected chi connectivity index (χ4v) is 4.37. The normalized spacial score (nSPS) is 16.8. The van der Waals surface area contributed by atoms with Crippen LogP contribution in [0.3, 0.4) is 0 Å². The Morgan fingerprint density at radius 1 is 1.41 bits per heavy atom. The van der Waals surface area contributed by atoms with Crippen LogP contribution in [0.4, 0.5) is 0 Å².